The molecular weight excluding hydrogens is 394 g/mol. The maximum atomic E-state index is 12.5. The standard InChI is InChI=1S/C20H28BrN3O2/c1-15(13-23-8-3-2-4-9-23)12-22-20(26)16-10-19(25)24(14-16)18-7-5-6-17(21)11-18/h5-7,11,15-16H,2-4,8-10,12-14H2,1H3,(H,22,26). The monoisotopic (exact) mass is 421 g/mol. The van der Waals surface area contributed by atoms with Gasteiger partial charge in [-0.15, -0.1) is 0 Å². The first-order valence-corrected chi connectivity index (χ1v) is 10.4. The molecule has 2 atom stereocenters. The summed E-state index contributed by atoms with van der Waals surface area (Å²) in [6.07, 6.45) is 4.20. The predicted octanol–water partition coefficient (Wildman–Crippen LogP) is 3.04. The van der Waals surface area contributed by atoms with Gasteiger partial charge in [0.05, 0.1) is 5.92 Å². The molecular formula is C20H28BrN3O2. The fraction of sp³-hybridized carbons (Fsp3) is 0.600. The maximum absolute atomic E-state index is 12.5. The van der Waals surface area contributed by atoms with Gasteiger partial charge in [0, 0.05) is 36.2 Å². The predicted molar refractivity (Wildman–Crippen MR) is 107 cm³/mol. The molecule has 2 aliphatic heterocycles. The van der Waals surface area contributed by atoms with Crippen LogP contribution >= 0.6 is 15.9 Å². The van der Waals surface area contributed by atoms with E-state index in [1.54, 1.807) is 4.90 Å². The highest BCUT2D eigenvalue weighted by Gasteiger charge is 2.35. The molecule has 2 fully saturated rings. The summed E-state index contributed by atoms with van der Waals surface area (Å²) in [5, 5.41) is 3.06. The Morgan fingerprint density at radius 1 is 1.31 bits per heavy atom. The number of nitrogens with zero attached hydrogens (tertiary/aromatic N) is 2. The Hall–Kier alpha value is -1.40. The first kappa shape index (κ1) is 19.4. The lowest BCUT2D eigenvalue weighted by molar-refractivity contribution is -0.126. The Bertz CT molecular complexity index is 646. The number of nitrogens with one attached hydrogen (secondary N) is 1. The second-order valence-electron chi connectivity index (χ2n) is 7.60. The molecule has 142 valence electrons. The number of carbonyl (C=O) groups excluding carboxylic acids is 2. The molecule has 26 heavy (non-hydrogen) atoms. The molecule has 0 aromatic heterocycles. The van der Waals surface area contributed by atoms with Crippen LogP contribution in [0.4, 0.5) is 5.69 Å². The van der Waals surface area contributed by atoms with Crippen LogP contribution in [-0.2, 0) is 9.59 Å². The molecule has 2 amide bonds. The summed E-state index contributed by atoms with van der Waals surface area (Å²) >= 11 is 3.43. The van der Waals surface area contributed by atoms with Crippen LogP contribution in [-0.4, -0.2) is 49.4 Å². The molecule has 2 aliphatic rings. The number of halogens is 1. The van der Waals surface area contributed by atoms with E-state index in [4.69, 9.17) is 0 Å². The van der Waals surface area contributed by atoms with E-state index < -0.39 is 0 Å². The third-order valence-electron chi connectivity index (χ3n) is 5.26. The van der Waals surface area contributed by atoms with Crippen molar-refractivity contribution in [3.8, 4) is 0 Å². The van der Waals surface area contributed by atoms with E-state index in [1.165, 1.54) is 32.4 Å². The zero-order valence-electron chi connectivity index (χ0n) is 15.4. The van der Waals surface area contributed by atoms with Crippen molar-refractivity contribution < 1.29 is 9.59 Å². The minimum atomic E-state index is -0.260. The summed E-state index contributed by atoms with van der Waals surface area (Å²) in [5.74, 6) is 0.185. The number of benzene rings is 1. The Labute approximate surface area is 164 Å². The van der Waals surface area contributed by atoms with Crippen LogP contribution in [0.15, 0.2) is 28.7 Å². The smallest absolute Gasteiger partial charge is 0.227 e. The molecule has 1 N–H and O–H groups in total. The van der Waals surface area contributed by atoms with Crippen LogP contribution in [0.3, 0.4) is 0 Å². The number of hydrogen-bond donors (Lipinski definition) is 1. The summed E-state index contributed by atoms with van der Waals surface area (Å²) in [6.45, 7) is 6.71. The lowest BCUT2D eigenvalue weighted by Gasteiger charge is -2.29. The van der Waals surface area contributed by atoms with E-state index in [0.717, 1.165) is 16.7 Å². The summed E-state index contributed by atoms with van der Waals surface area (Å²) in [7, 11) is 0. The Morgan fingerprint density at radius 3 is 2.81 bits per heavy atom. The zero-order valence-corrected chi connectivity index (χ0v) is 17.0. The molecule has 2 unspecified atom stereocenters. The molecule has 0 radical (unpaired) electrons. The van der Waals surface area contributed by atoms with Crippen molar-refractivity contribution in [2.24, 2.45) is 11.8 Å². The number of amides is 2. The summed E-state index contributed by atoms with van der Waals surface area (Å²) in [4.78, 5) is 29.1. The van der Waals surface area contributed by atoms with Gasteiger partial charge >= 0.3 is 0 Å². The number of anilines is 1. The van der Waals surface area contributed by atoms with Gasteiger partial charge in [0.1, 0.15) is 0 Å². The topological polar surface area (TPSA) is 52.7 Å². The molecule has 0 saturated carbocycles. The Morgan fingerprint density at radius 2 is 2.08 bits per heavy atom. The fourth-order valence-electron chi connectivity index (χ4n) is 3.84. The van der Waals surface area contributed by atoms with Crippen LogP contribution in [0.2, 0.25) is 0 Å². The van der Waals surface area contributed by atoms with Gasteiger partial charge in [0.2, 0.25) is 11.8 Å². The highest BCUT2D eigenvalue weighted by Crippen LogP contribution is 2.27. The molecule has 2 heterocycles. The molecule has 6 heteroatoms. The van der Waals surface area contributed by atoms with E-state index in [2.05, 4.69) is 33.1 Å². The lowest BCUT2D eigenvalue weighted by Crippen LogP contribution is -2.40. The first-order valence-electron chi connectivity index (χ1n) is 9.59. The molecule has 3 rings (SSSR count). The second-order valence-corrected chi connectivity index (χ2v) is 8.51. The maximum Gasteiger partial charge on any atom is 0.227 e. The van der Waals surface area contributed by atoms with Crippen LogP contribution in [0, 0.1) is 11.8 Å². The van der Waals surface area contributed by atoms with E-state index >= 15 is 0 Å². The van der Waals surface area contributed by atoms with Crippen molar-refractivity contribution >= 4 is 33.4 Å². The van der Waals surface area contributed by atoms with Crippen molar-refractivity contribution in [2.45, 2.75) is 32.6 Å². The van der Waals surface area contributed by atoms with E-state index in [9.17, 15) is 9.59 Å². The van der Waals surface area contributed by atoms with E-state index in [0.29, 0.717) is 25.4 Å². The summed E-state index contributed by atoms with van der Waals surface area (Å²) < 4.78 is 0.933. The number of carbonyl (C=O) groups is 2. The van der Waals surface area contributed by atoms with Gasteiger partial charge < -0.3 is 15.1 Å². The molecule has 5 nitrogen and oxygen atoms in total. The third kappa shape index (κ3) is 5.07. The zero-order chi connectivity index (χ0) is 18.5. The number of hydrogen-bond acceptors (Lipinski definition) is 3. The van der Waals surface area contributed by atoms with Crippen LogP contribution in [0.25, 0.3) is 0 Å². The van der Waals surface area contributed by atoms with Gasteiger partial charge in [-0.3, -0.25) is 9.59 Å². The molecule has 1 aromatic rings. The molecule has 2 saturated heterocycles. The fourth-order valence-corrected chi connectivity index (χ4v) is 4.23. The van der Waals surface area contributed by atoms with Crippen LogP contribution in [0.1, 0.15) is 32.6 Å². The number of likely N-dealkylation sites (tertiary alicyclic amines) is 1. The van der Waals surface area contributed by atoms with E-state index in [1.807, 2.05) is 24.3 Å². The normalized spacial score (nSPS) is 22.5. The third-order valence-corrected chi connectivity index (χ3v) is 5.75. The molecule has 0 spiro atoms. The van der Waals surface area contributed by atoms with Crippen LogP contribution in [0.5, 0.6) is 0 Å². The van der Waals surface area contributed by atoms with Gasteiger partial charge in [0.25, 0.3) is 0 Å². The van der Waals surface area contributed by atoms with Crippen LogP contribution < -0.4 is 10.2 Å². The highest BCUT2D eigenvalue weighted by molar-refractivity contribution is 9.10. The van der Waals surface area contributed by atoms with Crippen molar-refractivity contribution in [3.05, 3.63) is 28.7 Å². The minimum Gasteiger partial charge on any atom is -0.355 e. The van der Waals surface area contributed by atoms with E-state index in [-0.39, 0.29) is 17.7 Å². The van der Waals surface area contributed by atoms with Gasteiger partial charge in [-0.05, 0) is 50.0 Å². The molecule has 0 aliphatic carbocycles. The Kier molecular flexibility index (Phi) is 6.70. The highest BCUT2D eigenvalue weighted by atomic mass is 79.9. The van der Waals surface area contributed by atoms with Crippen molar-refractivity contribution in [1.29, 1.82) is 0 Å². The second kappa shape index (κ2) is 9.00. The van der Waals surface area contributed by atoms with Crippen molar-refractivity contribution in [1.82, 2.24) is 10.2 Å². The number of piperidine rings is 1. The number of rotatable bonds is 6. The quantitative estimate of drug-likeness (QED) is 0.767. The van der Waals surface area contributed by atoms with Crippen molar-refractivity contribution in [2.75, 3.05) is 37.6 Å². The minimum absolute atomic E-state index is 0.00124. The van der Waals surface area contributed by atoms with Gasteiger partial charge in [-0.25, -0.2) is 0 Å². The largest absolute Gasteiger partial charge is 0.355 e. The molecule has 0 bridgehead atoms. The summed E-state index contributed by atoms with van der Waals surface area (Å²) in [5.41, 5.74) is 0.846. The SMILES string of the molecule is CC(CNC(=O)C1CC(=O)N(c2cccc(Br)c2)C1)CN1CCCCC1. The average Bonchev–Trinajstić information content (AvgIpc) is 3.02. The Balaban J connectivity index is 1.47. The molecule has 1 aromatic carbocycles. The lowest BCUT2D eigenvalue weighted by atomic mass is 10.1. The summed E-state index contributed by atoms with van der Waals surface area (Å²) in [6, 6.07) is 7.66. The van der Waals surface area contributed by atoms with Gasteiger partial charge in [0.15, 0.2) is 0 Å². The first-order chi connectivity index (χ1) is 12.5. The average molecular weight is 422 g/mol. The van der Waals surface area contributed by atoms with Gasteiger partial charge in [-0.2, -0.15) is 0 Å². The van der Waals surface area contributed by atoms with Crippen molar-refractivity contribution in [3.63, 3.8) is 0 Å². The van der Waals surface area contributed by atoms with Gasteiger partial charge in [-0.1, -0.05) is 35.3 Å².